The van der Waals surface area contributed by atoms with E-state index < -0.39 is 16.1 Å². The Bertz CT molecular complexity index is 565. The van der Waals surface area contributed by atoms with Crippen LogP contribution in [0.3, 0.4) is 0 Å². The van der Waals surface area contributed by atoms with Crippen LogP contribution in [-0.4, -0.2) is 26.5 Å². The number of ether oxygens (including phenoxy) is 1. The van der Waals surface area contributed by atoms with Gasteiger partial charge in [0.05, 0.1) is 10.9 Å². The summed E-state index contributed by atoms with van der Waals surface area (Å²) in [5, 5.41) is 0. The summed E-state index contributed by atoms with van der Waals surface area (Å²) in [7, 11) is -3.57. The van der Waals surface area contributed by atoms with Crippen LogP contribution >= 0.6 is 0 Å². The van der Waals surface area contributed by atoms with Crippen molar-refractivity contribution in [2.45, 2.75) is 43.7 Å². The third-order valence-corrected chi connectivity index (χ3v) is 4.69. The van der Waals surface area contributed by atoms with Crippen molar-refractivity contribution in [2.75, 3.05) is 0 Å². The number of cyclic esters (lactones) is 1. The number of sulfonamides is 1. The van der Waals surface area contributed by atoms with Crippen molar-refractivity contribution in [3.05, 3.63) is 29.8 Å². The van der Waals surface area contributed by atoms with Crippen molar-refractivity contribution in [1.82, 2.24) is 4.72 Å². The van der Waals surface area contributed by atoms with Crippen molar-refractivity contribution in [3.63, 3.8) is 0 Å². The topological polar surface area (TPSA) is 72.5 Å². The van der Waals surface area contributed by atoms with Gasteiger partial charge >= 0.3 is 5.97 Å². The SMILES string of the molecule is Cc1ccc(S(=O)(=O)N[C@H]2CCC(=O)O[C@@H]2C)cc1. The highest BCUT2D eigenvalue weighted by Crippen LogP contribution is 2.18. The third-order valence-electron chi connectivity index (χ3n) is 3.18. The number of nitrogens with one attached hydrogen (secondary N) is 1. The zero-order chi connectivity index (χ0) is 14.0. The maximum absolute atomic E-state index is 12.2. The Morgan fingerprint density at radius 2 is 1.89 bits per heavy atom. The molecule has 0 aromatic heterocycles. The number of rotatable bonds is 3. The van der Waals surface area contributed by atoms with Crippen LogP contribution in [0.1, 0.15) is 25.3 Å². The van der Waals surface area contributed by atoms with E-state index in [2.05, 4.69) is 4.72 Å². The van der Waals surface area contributed by atoms with E-state index in [4.69, 9.17) is 4.74 Å². The molecular weight excluding hydrogens is 266 g/mol. The molecule has 5 nitrogen and oxygen atoms in total. The van der Waals surface area contributed by atoms with E-state index in [-0.39, 0.29) is 23.3 Å². The molecule has 1 aromatic carbocycles. The first-order valence-electron chi connectivity index (χ1n) is 6.17. The number of hydrogen-bond acceptors (Lipinski definition) is 4. The Hall–Kier alpha value is -1.40. The molecule has 0 amide bonds. The molecule has 0 spiro atoms. The number of benzene rings is 1. The second-order valence-electron chi connectivity index (χ2n) is 4.77. The van der Waals surface area contributed by atoms with E-state index in [1.165, 1.54) is 0 Å². The minimum Gasteiger partial charge on any atom is -0.461 e. The fourth-order valence-corrected chi connectivity index (χ4v) is 3.33. The third kappa shape index (κ3) is 3.33. The van der Waals surface area contributed by atoms with Gasteiger partial charge in [-0.15, -0.1) is 0 Å². The summed E-state index contributed by atoms with van der Waals surface area (Å²) in [6.45, 7) is 3.59. The van der Waals surface area contributed by atoms with Crippen LogP contribution in [0.4, 0.5) is 0 Å². The van der Waals surface area contributed by atoms with E-state index in [1.807, 2.05) is 6.92 Å². The molecule has 104 valence electrons. The number of hydrogen-bond donors (Lipinski definition) is 1. The predicted molar refractivity (Wildman–Crippen MR) is 70.1 cm³/mol. The van der Waals surface area contributed by atoms with Crippen LogP contribution in [0.2, 0.25) is 0 Å². The van der Waals surface area contributed by atoms with E-state index in [9.17, 15) is 13.2 Å². The molecule has 2 rings (SSSR count). The van der Waals surface area contributed by atoms with Gasteiger partial charge in [-0.05, 0) is 32.4 Å². The highest BCUT2D eigenvalue weighted by Gasteiger charge is 2.31. The first kappa shape index (κ1) is 14.0. The normalized spacial score (nSPS) is 24.0. The maximum Gasteiger partial charge on any atom is 0.306 e. The van der Waals surface area contributed by atoms with Crippen LogP contribution in [0.5, 0.6) is 0 Å². The zero-order valence-corrected chi connectivity index (χ0v) is 11.7. The first-order valence-corrected chi connectivity index (χ1v) is 7.65. The van der Waals surface area contributed by atoms with E-state index in [1.54, 1.807) is 31.2 Å². The second kappa shape index (κ2) is 5.30. The summed E-state index contributed by atoms with van der Waals surface area (Å²) in [6, 6.07) is 6.26. The average molecular weight is 283 g/mol. The summed E-state index contributed by atoms with van der Waals surface area (Å²) >= 11 is 0. The fourth-order valence-electron chi connectivity index (χ4n) is 2.00. The lowest BCUT2D eigenvalue weighted by Gasteiger charge is -2.28. The molecule has 1 heterocycles. The highest BCUT2D eigenvalue weighted by atomic mass is 32.2. The van der Waals surface area contributed by atoms with Gasteiger partial charge in [-0.25, -0.2) is 13.1 Å². The zero-order valence-electron chi connectivity index (χ0n) is 10.9. The largest absolute Gasteiger partial charge is 0.461 e. The van der Waals surface area contributed by atoms with Gasteiger partial charge in [-0.1, -0.05) is 17.7 Å². The van der Waals surface area contributed by atoms with Gasteiger partial charge in [-0.3, -0.25) is 4.79 Å². The molecule has 1 aromatic rings. The van der Waals surface area contributed by atoms with E-state index in [0.717, 1.165) is 5.56 Å². The smallest absolute Gasteiger partial charge is 0.306 e. The second-order valence-corrected chi connectivity index (χ2v) is 6.49. The number of carbonyl (C=O) groups is 1. The average Bonchev–Trinajstić information content (AvgIpc) is 2.33. The first-order chi connectivity index (χ1) is 8.88. The predicted octanol–water partition coefficient (Wildman–Crippen LogP) is 1.37. The standard InChI is InChI=1S/C13H17NO4S/c1-9-3-5-11(6-4-9)19(16,17)14-12-7-8-13(15)18-10(12)2/h3-6,10,12,14H,7-8H2,1-2H3/t10-,12+/m1/s1. The van der Waals surface area contributed by atoms with Crippen LogP contribution in [0.15, 0.2) is 29.2 Å². The molecule has 1 aliphatic rings. The molecule has 0 unspecified atom stereocenters. The number of carbonyl (C=O) groups excluding carboxylic acids is 1. The van der Waals surface area contributed by atoms with E-state index in [0.29, 0.717) is 6.42 Å². The quantitative estimate of drug-likeness (QED) is 0.850. The van der Waals surface area contributed by atoms with Crippen LogP contribution in [-0.2, 0) is 19.6 Å². The molecule has 1 fully saturated rings. The Morgan fingerprint density at radius 1 is 1.26 bits per heavy atom. The minimum absolute atomic E-state index is 0.224. The van der Waals surface area contributed by atoms with Crippen molar-refractivity contribution in [3.8, 4) is 0 Å². The number of esters is 1. The van der Waals surface area contributed by atoms with Gasteiger partial charge in [-0.2, -0.15) is 0 Å². The lowest BCUT2D eigenvalue weighted by Crippen LogP contribution is -2.46. The fraction of sp³-hybridized carbons (Fsp3) is 0.462. The lowest BCUT2D eigenvalue weighted by atomic mass is 10.1. The van der Waals surface area contributed by atoms with Crippen LogP contribution in [0, 0.1) is 6.92 Å². The number of aryl methyl sites for hydroxylation is 1. The molecule has 19 heavy (non-hydrogen) atoms. The van der Waals surface area contributed by atoms with Crippen molar-refractivity contribution < 1.29 is 17.9 Å². The van der Waals surface area contributed by atoms with Crippen molar-refractivity contribution in [2.24, 2.45) is 0 Å². The molecule has 0 saturated carbocycles. The van der Waals surface area contributed by atoms with Gasteiger partial charge in [0.15, 0.2) is 0 Å². The molecule has 1 N–H and O–H groups in total. The minimum atomic E-state index is -3.57. The maximum atomic E-state index is 12.2. The Labute approximate surface area is 113 Å². The molecule has 1 aliphatic heterocycles. The molecule has 2 atom stereocenters. The summed E-state index contributed by atoms with van der Waals surface area (Å²) in [5.74, 6) is -0.279. The van der Waals surface area contributed by atoms with Gasteiger partial charge in [0.25, 0.3) is 0 Å². The van der Waals surface area contributed by atoms with Crippen molar-refractivity contribution >= 4 is 16.0 Å². The summed E-state index contributed by atoms with van der Waals surface area (Å²) < 4.78 is 32.0. The Kier molecular flexibility index (Phi) is 3.91. The molecule has 0 bridgehead atoms. The van der Waals surface area contributed by atoms with Gasteiger partial charge in [0, 0.05) is 6.42 Å². The monoisotopic (exact) mass is 283 g/mol. The molecular formula is C13H17NO4S. The Balaban J connectivity index is 2.13. The summed E-state index contributed by atoms with van der Waals surface area (Å²) in [6.07, 6.45) is 0.262. The summed E-state index contributed by atoms with van der Waals surface area (Å²) in [5.41, 5.74) is 0.999. The molecule has 1 saturated heterocycles. The molecule has 0 aliphatic carbocycles. The Morgan fingerprint density at radius 3 is 2.47 bits per heavy atom. The molecule has 6 heteroatoms. The van der Waals surface area contributed by atoms with Crippen LogP contribution < -0.4 is 4.72 Å². The highest BCUT2D eigenvalue weighted by molar-refractivity contribution is 7.89. The van der Waals surface area contributed by atoms with Gasteiger partial charge in [0.1, 0.15) is 6.10 Å². The molecule has 0 radical (unpaired) electrons. The summed E-state index contributed by atoms with van der Waals surface area (Å²) in [4.78, 5) is 11.3. The van der Waals surface area contributed by atoms with Crippen molar-refractivity contribution in [1.29, 1.82) is 0 Å². The van der Waals surface area contributed by atoms with Gasteiger partial charge in [0.2, 0.25) is 10.0 Å². The van der Waals surface area contributed by atoms with Gasteiger partial charge < -0.3 is 4.74 Å². The van der Waals surface area contributed by atoms with Crippen LogP contribution in [0.25, 0.3) is 0 Å². The van der Waals surface area contributed by atoms with E-state index >= 15 is 0 Å². The lowest BCUT2D eigenvalue weighted by molar-refractivity contribution is -0.154.